The number of benzene rings is 1. The summed E-state index contributed by atoms with van der Waals surface area (Å²) in [5.41, 5.74) is 0.351. The second kappa shape index (κ2) is 5.78. The Morgan fingerprint density at radius 3 is 2.91 bits per heavy atom. The van der Waals surface area contributed by atoms with E-state index in [4.69, 9.17) is 16.1 Å². The summed E-state index contributed by atoms with van der Waals surface area (Å²) >= 11 is 6.07. The molecule has 3 unspecified atom stereocenters. The summed E-state index contributed by atoms with van der Waals surface area (Å²) in [6.45, 7) is 0.616. The van der Waals surface area contributed by atoms with Gasteiger partial charge in [0.25, 0.3) is 0 Å². The molecule has 1 aromatic heterocycles. The topological polar surface area (TPSA) is 48.0 Å². The Labute approximate surface area is 138 Å². The van der Waals surface area contributed by atoms with Crippen LogP contribution in [0, 0.1) is 23.6 Å². The molecule has 0 saturated heterocycles. The molecule has 2 aromatic rings. The van der Waals surface area contributed by atoms with E-state index in [1.54, 1.807) is 16.7 Å². The number of hydrogen-bond donors (Lipinski definition) is 0. The first-order valence-corrected chi connectivity index (χ1v) is 8.48. The molecule has 2 bridgehead atoms. The SMILES string of the molecule is O=c1onc(Cc2c(F)cccc2Cl)n1CC1CC2CCC1C2. The predicted octanol–water partition coefficient (Wildman–Crippen LogP) is 3.66. The zero-order valence-corrected chi connectivity index (χ0v) is 13.4. The van der Waals surface area contributed by atoms with Gasteiger partial charge in [0, 0.05) is 23.6 Å². The average Bonchev–Trinajstić information content (AvgIpc) is 3.22. The Bertz CT molecular complexity index is 765. The summed E-state index contributed by atoms with van der Waals surface area (Å²) in [6, 6.07) is 4.56. The molecular weight excluding hydrogens is 319 g/mol. The minimum atomic E-state index is -0.463. The Morgan fingerprint density at radius 2 is 2.22 bits per heavy atom. The molecule has 0 spiro atoms. The first kappa shape index (κ1) is 14.9. The van der Waals surface area contributed by atoms with Crippen LogP contribution in [-0.2, 0) is 13.0 Å². The molecule has 2 fully saturated rings. The van der Waals surface area contributed by atoms with Gasteiger partial charge in [-0.1, -0.05) is 29.2 Å². The Hall–Kier alpha value is -1.62. The second-order valence-corrected chi connectivity index (χ2v) is 7.19. The van der Waals surface area contributed by atoms with Crippen molar-refractivity contribution >= 4 is 11.6 Å². The van der Waals surface area contributed by atoms with Crippen LogP contribution < -0.4 is 5.76 Å². The zero-order valence-electron chi connectivity index (χ0n) is 12.7. The third kappa shape index (κ3) is 2.71. The van der Waals surface area contributed by atoms with Gasteiger partial charge in [-0.05, 0) is 49.1 Å². The summed E-state index contributed by atoms with van der Waals surface area (Å²) in [7, 11) is 0. The number of fused-ring (bicyclic) bond motifs is 2. The molecule has 3 atom stereocenters. The minimum absolute atomic E-state index is 0.165. The summed E-state index contributed by atoms with van der Waals surface area (Å²) < 4.78 is 20.4. The van der Waals surface area contributed by atoms with Crippen molar-refractivity contribution in [2.24, 2.45) is 17.8 Å². The van der Waals surface area contributed by atoms with E-state index < -0.39 is 5.76 Å². The van der Waals surface area contributed by atoms with Gasteiger partial charge in [0.1, 0.15) is 5.82 Å². The van der Waals surface area contributed by atoms with E-state index in [1.807, 2.05) is 0 Å². The molecule has 0 aliphatic heterocycles. The van der Waals surface area contributed by atoms with Crippen molar-refractivity contribution in [3.8, 4) is 0 Å². The fraction of sp³-hybridized carbons (Fsp3) is 0.529. The lowest BCUT2D eigenvalue weighted by Gasteiger charge is -2.21. The van der Waals surface area contributed by atoms with Crippen LogP contribution in [0.1, 0.15) is 37.1 Å². The van der Waals surface area contributed by atoms with Gasteiger partial charge < -0.3 is 0 Å². The largest absolute Gasteiger partial charge is 0.441 e. The molecule has 4 nitrogen and oxygen atoms in total. The number of halogens is 2. The Kier molecular flexibility index (Phi) is 3.76. The highest BCUT2D eigenvalue weighted by Crippen LogP contribution is 2.48. The van der Waals surface area contributed by atoms with Gasteiger partial charge in [-0.3, -0.25) is 9.09 Å². The van der Waals surface area contributed by atoms with Crippen LogP contribution in [0.25, 0.3) is 0 Å². The van der Waals surface area contributed by atoms with Crippen LogP contribution in [0.3, 0.4) is 0 Å². The summed E-state index contributed by atoms with van der Waals surface area (Å²) in [4.78, 5) is 12.0. The summed E-state index contributed by atoms with van der Waals surface area (Å²) in [5, 5.41) is 4.19. The Morgan fingerprint density at radius 1 is 1.35 bits per heavy atom. The lowest BCUT2D eigenvalue weighted by atomic mass is 9.89. The number of rotatable bonds is 4. The fourth-order valence-corrected chi connectivity index (χ4v) is 4.53. The third-order valence-corrected chi connectivity index (χ3v) is 5.81. The molecule has 0 N–H and O–H groups in total. The highest BCUT2D eigenvalue weighted by molar-refractivity contribution is 6.31. The standard InChI is InChI=1S/C17H18ClFN2O2/c18-14-2-1-3-15(19)13(14)8-16-20-23-17(22)21(16)9-12-7-10-4-5-11(12)6-10/h1-3,10-12H,4-9H2. The molecular formula is C17H18ClFN2O2. The van der Waals surface area contributed by atoms with E-state index >= 15 is 0 Å². The molecule has 23 heavy (non-hydrogen) atoms. The van der Waals surface area contributed by atoms with Crippen molar-refractivity contribution in [1.82, 2.24) is 9.72 Å². The summed E-state index contributed by atoms with van der Waals surface area (Å²) in [6.07, 6.45) is 5.18. The van der Waals surface area contributed by atoms with E-state index in [0.29, 0.717) is 34.8 Å². The van der Waals surface area contributed by atoms with Crippen molar-refractivity contribution in [2.75, 3.05) is 0 Å². The molecule has 2 aliphatic rings. The number of hydrogen-bond acceptors (Lipinski definition) is 3. The normalized spacial score (nSPS) is 26.1. The lowest BCUT2D eigenvalue weighted by Crippen LogP contribution is -2.25. The maximum Gasteiger partial charge on any atom is 0.441 e. The zero-order chi connectivity index (χ0) is 16.0. The molecule has 0 amide bonds. The maximum absolute atomic E-state index is 14.0. The van der Waals surface area contributed by atoms with Crippen LogP contribution in [0.5, 0.6) is 0 Å². The van der Waals surface area contributed by atoms with Gasteiger partial charge in [-0.15, -0.1) is 0 Å². The van der Waals surface area contributed by atoms with E-state index in [2.05, 4.69) is 5.16 Å². The summed E-state index contributed by atoms with van der Waals surface area (Å²) in [5.74, 6) is 1.61. The molecule has 1 heterocycles. The molecule has 6 heteroatoms. The van der Waals surface area contributed by atoms with Crippen molar-refractivity contribution < 1.29 is 8.91 Å². The number of nitrogens with zero attached hydrogens (tertiary/aromatic N) is 2. The van der Waals surface area contributed by atoms with Gasteiger partial charge in [0.05, 0.1) is 0 Å². The highest BCUT2D eigenvalue weighted by atomic mass is 35.5. The van der Waals surface area contributed by atoms with Crippen molar-refractivity contribution in [2.45, 2.75) is 38.6 Å². The van der Waals surface area contributed by atoms with Crippen LogP contribution >= 0.6 is 11.6 Å². The smallest absolute Gasteiger partial charge is 0.296 e. The van der Waals surface area contributed by atoms with Crippen molar-refractivity contribution in [1.29, 1.82) is 0 Å². The molecule has 122 valence electrons. The van der Waals surface area contributed by atoms with Crippen LogP contribution in [0.4, 0.5) is 4.39 Å². The van der Waals surface area contributed by atoms with E-state index in [1.165, 1.54) is 31.7 Å². The number of aromatic nitrogens is 2. The van der Waals surface area contributed by atoms with Gasteiger partial charge in [-0.25, -0.2) is 9.18 Å². The third-order valence-electron chi connectivity index (χ3n) is 5.46. The quantitative estimate of drug-likeness (QED) is 0.856. The van der Waals surface area contributed by atoms with Gasteiger partial charge in [0.2, 0.25) is 0 Å². The second-order valence-electron chi connectivity index (χ2n) is 6.79. The fourth-order valence-electron chi connectivity index (χ4n) is 4.30. The Balaban J connectivity index is 1.59. The van der Waals surface area contributed by atoms with Gasteiger partial charge in [0.15, 0.2) is 5.82 Å². The molecule has 2 aliphatic carbocycles. The van der Waals surface area contributed by atoms with Gasteiger partial charge in [-0.2, -0.15) is 0 Å². The van der Waals surface area contributed by atoms with Crippen molar-refractivity contribution in [3.63, 3.8) is 0 Å². The van der Waals surface area contributed by atoms with Crippen molar-refractivity contribution in [3.05, 3.63) is 51.0 Å². The highest BCUT2D eigenvalue weighted by Gasteiger charge is 2.40. The first-order chi connectivity index (χ1) is 11.1. The van der Waals surface area contributed by atoms with Crippen LogP contribution in [0.15, 0.2) is 27.5 Å². The lowest BCUT2D eigenvalue weighted by molar-refractivity contribution is 0.283. The molecule has 0 radical (unpaired) electrons. The van der Waals surface area contributed by atoms with E-state index in [0.717, 1.165) is 5.92 Å². The molecule has 4 rings (SSSR count). The van der Waals surface area contributed by atoms with Crippen LogP contribution in [0.2, 0.25) is 5.02 Å². The first-order valence-electron chi connectivity index (χ1n) is 8.10. The van der Waals surface area contributed by atoms with E-state index in [9.17, 15) is 9.18 Å². The minimum Gasteiger partial charge on any atom is -0.296 e. The molecule has 1 aromatic carbocycles. The van der Waals surface area contributed by atoms with Crippen LogP contribution in [-0.4, -0.2) is 9.72 Å². The average molecular weight is 337 g/mol. The van der Waals surface area contributed by atoms with E-state index in [-0.39, 0.29) is 12.2 Å². The molecule has 2 saturated carbocycles. The predicted molar refractivity (Wildman–Crippen MR) is 83.9 cm³/mol. The van der Waals surface area contributed by atoms with Gasteiger partial charge >= 0.3 is 5.76 Å². The monoisotopic (exact) mass is 336 g/mol. The maximum atomic E-state index is 14.0.